The fraction of sp³-hybridized carbons (Fsp3) is 0.412. The highest BCUT2D eigenvalue weighted by molar-refractivity contribution is 14.0. The van der Waals surface area contributed by atoms with E-state index in [1.807, 2.05) is 25.1 Å². The lowest BCUT2D eigenvalue weighted by molar-refractivity contribution is -0.140. The highest BCUT2D eigenvalue weighted by Gasteiger charge is 2.33. The van der Waals surface area contributed by atoms with Crippen molar-refractivity contribution in [2.24, 2.45) is 4.99 Å². The molecule has 0 unspecified atom stereocenters. The molecule has 0 amide bonds. The summed E-state index contributed by atoms with van der Waals surface area (Å²) in [4.78, 5) is 7.71. The van der Waals surface area contributed by atoms with Gasteiger partial charge in [-0.3, -0.25) is 4.99 Å². The summed E-state index contributed by atoms with van der Waals surface area (Å²) in [5, 5.41) is 7.71. The van der Waals surface area contributed by atoms with Crippen LogP contribution in [0.4, 0.5) is 13.2 Å². The summed E-state index contributed by atoms with van der Waals surface area (Å²) in [7, 11) is 3.27. The van der Waals surface area contributed by atoms with Crippen LogP contribution in [0.25, 0.3) is 0 Å². The maximum Gasteiger partial charge on any atom is 0.434 e. The van der Waals surface area contributed by atoms with E-state index in [1.54, 1.807) is 14.2 Å². The quantitative estimate of drug-likeness (QED) is 0.348. The first-order valence-corrected chi connectivity index (χ1v) is 8.81. The van der Waals surface area contributed by atoms with Gasteiger partial charge < -0.3 is 15.4 Å². The topological polar surface area (TPSA) is 58.5 Å². The first-order valence-electron chi connectivity index (χ1n) is 7.93. The van der Waals surface area contributed by atoms with Crippen LogP contribution in [0.3, 0.4) is 0 Å². The molecule has 1 heterocycles. The third-order valence-electron chi connectivity index (χ3n) is 3.62. The van der Waals surface area contributed by atoms with Gasteiger partial charge in [0, 0.05) is 31.9 Å². The van der Waals surface area contributed by atoms with Gasteiger partial charge in [-0.15, -0.1) is 35.3 Å². The van der Waals surface area contributed by atoms with Crippen LogP contribution in [0.2, 0.25) is 0 Å². The Morgan fingerprint density at radius 2 is 2.04 bits per heavy atom. The molecule has 0 radical (unpaired) electrons. The number of thiazole rings is 1. The van der Waals surface area contributed by atoms with Crippen molar-refractivity contribution in [2.45, 2.75) is 26.1 Å². The smallest absolute Gasteiger partial charge is 0.434 e. The summed E-state index contributed by atoms with van der Waals surface area (Å²) in [5.74, 6) is 1.41. The summed E-state index contributed by atoms with van der Waals surface area (Å²) in [6, 6.07) is 5.89. The molecule has 2 aromatic rings. The predicted octanol–water partition coefficient (Wildman–Crippen LogP) is 4.00. The molecular weight excluding hydrogens is 492 g/mol. The molecule has 0 fully saturated rings. The number of nitrogens with zero attached hydrogens (tertiary/aromatic N) is 2. The second-order valence-electron chi connectivity index (χ2n) is 5.53. The summed E-state index contributed by atoms with van der Waals surface area (Å²) < 4.78 is 42.8. The van der Waals surface area contributed by atoms with E-state index in [1.165, 1.54) is 0 Å². The van der Waals surface area contributed by atoms with Gasteiger partial charge in [-0.2, -0.15) is 13.2 Å². The van der Waals surface area contributed by atoms with Crippen LogP contribution in [0.1, 0.15) is 21.8 Å². The number of aryl methyl sites for hydroxylation is 1. The number of guanidine groups is 1. The Morgan fingerprint density at radius 3 is 2.59 bits per heavy atom. The third kappa shape index (κ3) is 7.17. The number of rotatable bonds is 6. The second-order valence-corrected chi connectivity index (χ2v) is 6.47. The van der Waals surface area contributed by atoms with Crippen molar-refractivity contribution in [3.63, 3.8) is 0 Å². The van der Waals surface area contributed by atoms with Gasteiger partial charge in [0.2, 0.25) is 0 Å². The molecule has 1 aromatic heterocycles. The van der Waals surface area contributed by atoms with Crippen molar-refractivity contribution in [3.05, 3.63) is 45.4 Å². The Balaban J connectivity index is 0.00000364. The Morgan fingerprint density at radius 1 is 1.30 bits per heavy atom. The monoisotopic (exact) mass is 514 g/mol. The van der Waals surface area contributed by atoms with Crippen LogP contribution in [0.15, 0.2) is 28.6 Å². The van der Waals surface area contributed by atoms with Gasteiger partial charge in [-0.1, -0.05) is 12.1 Å². The normalized spacial score (nSPS) is 11.7. The van der Waals surface area contributed by atoms with Crippen LogP contribution < -0.4 is 15.4 Å². The molecule has 0 aliphatic heterocycles. The van der Waals surface area contributed by atoms with Crippen molar-refractivity contribution >= 4 is 41.3 Å². The van der Waals surface area contributed by atoms with Gasteiger partial charge in [-0.25, -0.2) is 4.98 Å². The lowest BCUT2D eigenvalue weighted by atomic mass is 10.1. The Labute approximate surface area is 177 Å². The maximum absolute atomic E-state index is 12.5. The highest BCUT2D eigenvalue weighted by atomic mass is 127. The van der Waals surface area contributed by atoms with Gasteiger partial charge in [0.25, 0.3) is 0 Å². The molecule has 0 bridgehead atoms. The van der Waals surface area contributed by atoms with Gasteiger partial charge in [0.05, 0.1) is 12.1 Å². The number of ether oxygens (including phenoxy) is 1. The number of methoxy groups -OCH3 is 1. The Hall–Kier alpha value is -1.56. The molecule has 2 rings (SSSR count). The number of aromatic nitrogens is 1. The van der Waals surface area contributed by atoms with Crippen LogP contribution in [0, 0.1) is 6.92 Å². The van der Waals surface area contributed by atoms with E-state index in [2.05, 4.69) is 20.6 Å². The van der Waals surface area contributed by atoms with Gasteiger partial charge >= 0.3 is 6.18 Å². The van der Waals surface area contributed by atoms with E-state index in [0.29, 0.717) is 30.5 Å². The van der Waals surface area contributed by atoms with E-state index in [-0.39, 0.29) is 24.0 Å². The molecule has 0 aliphatic rings. The van der Waals surface area contributed by atoms with E-state index in [0.717, 1.165) is 33.6 Å². The van der Waals surface area contributed by atoms with E-state index >= 15 is 0 Å². The summed E-state index contributed by atoms with van der Waals surface area (Å²) >= 11 is 1.01. The molecule has 0 saturated carbocycles. The van der Waals surface area contributed by atoms with Crippen LogP contribution >= 0.6 is 35.3 Å². The zero-order valence-corrected chi connectivity index (χ0v) is 18.3. The summed E-state index contributed by atoms with van der Waals surface area (Å²) in [5.41, 5.74) is 1.27. The van der Waals surface area contributed by atoms with Crippen LogP contribution in [-0.2, 0) is 19.1 Å². The SMILES string of the molecule is CN=C(NCCc1nc(C(F)(F)F)cs1)NCc1ccc(OC)c(C)c1.I. The zero-order valence-electron chi connectivity index (χ0n) is 15.2. The molecule has 150 valence electrons. The van der Waals surface area contributed by atoms with E-state index in [4.69, 9.17) is 4.74 Å². The summed E-state index contributed by atoms with van der Waals surface area (Å²) in [6.07, 6.45) is -4.00. The van der Waals surface area contributed by atoms with Gasteiger partial charge in [-0.05, 0) is 24.1 Å². The largest absolute Gasteiger partial charge is 0.496 e. The Bertz CT molecular complexity index is 765. The minimum atomic E-state index is -4.39. The molecule has 1 aromatic carbocycles. The van der Waals surface area contributed by atoms with Gasteiger partial charge in [0.15, 0.2) is 11.7 Å². The molecule has 0 aliphatic carbocycles. The lowest BCUT2D eigenvalue weighted by Gasteiger charge is -2.12. The molecule has 0 saturated heterocycles. The molecule has 0 atom stereocenters. The average Bonchev–Trinajstić information content (AvgIpc) is 3.07. The van der Waals surface area contributed by atoms with Crippen molar-refractivity contribution in [1.29, 1.82) is 0 Å². The fourth-order valence-corrected chi connectivity index (χ4v) is 3.11. The van der Waals surface area contributed by atoms with Crippen LogP contribution in [-0.4, -0.2) is 31.6 Å². The molecule has 5 nitrogen and oxygen atoms in total. The molecule has 0 spiro atoms. The number of aliphatic imine (C=N–C) groups is 1. The standard InChI is InChI=1S/C17H21F3N4OS.HI/c1-11-8-12(4-5-13(11)25-3)9-23-16(21-2)22-7-6-15-24-14(10-26-15)17(18,19)20;/h4-5,8,10H,6-7,9H2,1-3H3,(H2,21,22,23);1H. The summed E-state index contributed by atoms with van der Waals surface area (Å²) in [6.45, 7) is 2.98. The highest BCUT2D eigenvalue weighted by Crippen LogP contribution is 2.30. The zero-order chi connectivity index (χ0) is 19.2. The van der Waals surface area contributed by atoms with Gasteiger partial charge in [0.1, 0.15) is 5.75 Å². The van der Waals surface area contributed by atoms with Crippen LogP contribution in [0.5, 0.6) is 5.75 Å². The first kappa shape index (κ1) is 23.5. The van der Waals surface area contributed by atoms with Crippen molar-refractivity contribution in [3.8, 4) is 5.75 Å². The number of hydrogen-bond donors (Lipinski definition) is 2. The van der Waals surface area contributed by atoms with E-state index < -0.39 is 11.9 Å². The molecular formula is C17H22F3IN4OS. The average molecular weight is 514 g/mol. The molecule has 2 N–H and O–H groups in total. The van der Waals surface area contributed by atoms with Crippen molar-refractivity contribution in [1.82, 2.24) is 15.6 Å². The Kier molecular flexibility index (Phi) is 9.30. The third-order valence-corrected chi connectivity index (χ3v) is 4.52. The minimum absolute atomic E-state index is 0. The molecule has 27 heavy (non-hydrogen) atoms. The maximum atomic E-state index is 12.5. The van der Waals surface area contributed by atoms with Crippen molar-refractivity contribution < 1.29 is 17.9 Å². The minimum Gasteiger partial charge on any atom is -0.496 e. The fourth-order valence-electron chi connectivity index (χ4n) is 2.30. The second kappa shape index (κ2) is 10.7. The first-order chi connectivity index (χ1) is 12.3. The lowest BCUT2D eigenvalue weighted by Crippen LogP contribution is -2.37. The predicted molar refractivity (Wildman–Crippen MR) is 112 cm³/mol. The van der Waals surface area contributed by atoms with Crippen molar-refractivity contribution in [2.75, 3.05) is 20.7 Å². The number of nitrogens with one attached hydrogen (secondary N) is 2. The van der Waals surface area contributed by atoms with E-state index in [9.17, 15) is 13.2 Å². The number of alkyl halides is 3. The number of halogens is 4. The number of hydrogen-bond acceptors (Lipinski definition) is 4. The molecule has 10 heteroatoms. The number of benzene rings is 1.